The summed E-state index contributed by atoms with van der Waals surface area (Å²) in [6.45, 7) is 0.477. The Bertz CT molecular complexity index is 1220. The molecule has 0 bridgehead atoms. The van der Waals surface area contributed by atoms with E-state index in [0.717, 1.165) is 34.2 Å². The van der Waals surface area contributed by atoms with Crippen LogP contribution in [-0.4, -0.2) is 50.8 Å². The molecule has 1 saturated heterocycles. The summed E-state index contributed by atoms with van der Waals surface area (Å²) in [5.74, 6) is -1.52. The molecule has 0 saturated carbocycles. The number of rotatable bonds is 8. The molecule has 36 heavy (non-hydrogen) atoms. The predicted octanol–water partition coefficient (Wildman–Crippen LogP) is 3.20. The molecule has 3 atom stereocenters. The molecule has 1 aliphatic rings. The van der Waals surface area contributed by atoms with Gasteiger partial charge in [-0.15, -0.1) is 0 Å². The van der Waals surface area contributed by atoms with Gasteiger partial charge in [0.2, 0.25) is 0 Å². The lowest BCUT2D eigenvalue weighted by Crippen LogP contribution is -2.50. The van der Waals surface area contributed by atoms with Gasteiger partial charge in [-0.3, -0.25) is 9.59 Å². The molecule has 3 aromatic carbocycles. The van der Waals surface area contributed by atoms with E-state index in [0.29, 0.717) is 18.0 Å². The molecule has 3 aromatic rings. The number of carbonyl (C=O) groups excluding carboxylic acids is 2. The lowest BCUT2D eigenvalue weighted by molar-refractivity contribution is -0.153. The van der Waals surface area contributed by atoms with Gasteiger partial charge in [-0.05, 0) is 52.8 Å². The van der Waals surface area contributed by atoms with E-state index in [1.54, 1.807) is 18.2 Å². The van der Waals surface area contributed by atoms with Crippen molar-refractivity contribution in [2.45, 2.75) is 44.2 Å². The standard InChI is InChI=1S/C28H29ClN2O5/c29-22-7-3-6-20(15-22)24-9-4-14-31(24)28(36)26(34)25(33)27(35)30-16-18-10-12-19(13-11-18)23-8-2-1-5-21(23)17-32/h1-3,5-8,10-13,15,24-26,32-34H,4,9,14,16-17H2,(H,30,35)/t24-,25-,26-/m1/s1. The highest BCUT2D eigenvalue weighted by atomic mass is 35.5. The number of amides is 2. The van der Waals surface area contributed by atoms with Crippen LogP contribution in [-0.2, 0) is 22.7 Å². The minimum Gasteiger partial charge on any atom is -0.392 e. The Morgan fingerprint density at radius 2 is 1.75 bits per heavy atom. The zero-order valence-corrected chi connectivity index (χ0v) is 20.4. The summed E-state index contributed by atoms with van der Waals surface area (Å²) in [6.07, 6.45) is -2.31. The van der Waals surface area contributed by atoms with Gasteiger partial charge in [-0.2, -0.15) is 0 Å². The smallest absolute Gasteiger partial charge is 0.255 e. The number of aliphatic hydroxyl groups is 3. The van der Waals surface area contributed by atoms with Gasteiger partial charge < -0.3 is 25.5 Å². The topological polar surface area (TPSA) is 110 Å². The predicted molar refractivity (Wildman–Crippen MR) is 137 cm³/mol. The second-order valence-corrected chi connectivity index (χ2v) is 9.30. The Morgan fingerprint density at radius 1 is 1.00 bits per heavy atom. The van der Waals surface area contributed by atoms with Crippen LogP contribution >= 0.6 is 11.6 Å². The number of benzene rings is 3. The zero-order valence-electron chi connectivity index (χ0n) is 19.7. The van der Waals surface area contributed by atoms with Gasteiger partial charge in [0.25, 0.3) is 11.8 Å². The minimum atomic E-state index is -1.89. The number of nitrogens with zero attached hydrogens (tertiary/aromatic N) is 1. The third-order valence-electron chi connectivity index (χ3n) is 6.51. The average Bonchev–Trinajstić information content (AvgIpc) is 3.41. The largest absolute Gasteiger partial charge is 0.392 e. The molecular formula is C28H29ClN2O5. The number of aliphatic hydroxyl groups excluding tert-OH is 3. The van der Waals surface area contributed by atoms with Crippen molar-refractivity contribution in [1.29, 1.82) is 0 Å². The SMILES string of the molecule is O=C(NCc1ccc(-c2ccccc2CO)cc1)[C@H](O)[C@@H](O)C(=O)N1CCC[C@@H]1c1cccc(Cl)c1. The molecule has 4 rings (SSSR count). The summed E-state index contributed by atoms with van der Waals surface area (Å²) in [5.41, 5.74) is 4.30. The molecule has 1 fully saturated rings. The zero-order chi connectivity index (χ0) is 25.7. The first-order chi connectivity index (χ1) is 17.4. The normalized spacial score (nSPS) is 17.0. The van der Waals surface area contributed by atoms with Gasteiger partial charge in [-0.1, -0.05) is 72.3 Å². The van der Waals surface area contributed by atoms with Crippen molar-refractivity contribution in [3.63, 3.8) is 0 Å². The highest BCUT2D eigenvalue weighted by molar-refractivity contribution is 6.30. The second-order valence-electron chi connectivity index (χ2n) is 8.86. The van der Waals surface area contributed by atoms with E-state index < -0.39 is 24.0 Å². The van der Waals surface area contributed by atoms with Crippen LogP contribution in [0.25, 0.3) is 11.1 Å². The van der Waals surface area contributed by atoms with E-state index in [4.69, 9.17) is 11.6 Å². The summed E-state index contributed by atoms with van der Waals surface area (Å²) < 4.78 is 0. The fourth-order valence-corrected chi connectivity index (χ4v) is 4.77. The second kappa shape index (κ2) is 11.7. The summed E-state index contributed by atoms with van der Waals surface area (Å²) >= 11 is 6.09. The number of halogens is 1. The lowest BCUT2D eigenvalue weighted by Gasteiger charge is -2.28. The highest BCUT2D eigenvalue weighted by Gasteiger charge is 2.38. The van der Waals surface area contributed by atoms with E-state index >= 15 is 0 Å². The molecule has 1 aliphatic heterocycles. The monoisotopic (exact) mass is 508 g/mol. The van der Waals surface area contributed by atoms with E-state index in [2.05, 4.69) is 5.32 Å². The van der Waals surface area contributed by atoms with Crippen LogP contribution in [0.15, 0.2) is 72.8 Å². The maximum absolute atomic E-state index is 12.9. The Balaban J connectivity index is 1.35. The van der Waals surface area contributed by atoms with E-state index in [9.17, 15) is 24.9 Å². The molecule has 0 aliphatic carbocycles. The molecular weight excluding hydrogens is 480 g/mol. The number of hydrogen-bond acceptors (Lipinski definition) is 5. The van der Waals surface area contributed by atoms with Gasteiger partial charge in [0.15, 0.2) is 12.2 Å². The molecule has 0 radical (unpaired) electrons. The third kappa shape index (κ3) is 5.77. The van der Waals surface area contributed by atoms with Crippen molar-refractivity contribution in [3.8, 4) is 11.1 Å². The van der Waals surface area contributed by atoms with Crippen LogP contribution in [0.5, 0.6) is 0 Å². The van der Waals surface area contributed by atoms with Crippen molar-refractivity contribution >= 4 is 23.4 Å². The van der Waals surface area contributed by atoms with Gasteiger partial charge in [0.05, 0.1) is 12.6 Å². The van der Waals surface area contributed by atoms with Crippen molar-refractivity contribution in [1.82, 2.24) is 10.2 Å². The minimum absolute atomic E-state index is 0.0653. The molecule has 0 unspecified atom stereocenters. The van der Waals surface area contributed by atoms with E-state index in [-0.39, 0.29) is 19.2 Å². The van der Waals surface area contributed by atoms with Crippen molar-refractivity contribution < 1.29 is 24.9 Å². The van der Waals surface area contributed by atoms with Crippen LogP contribution in [0.1, 0.15) is 35.6 Å². The highest BCUT2D eigenvalue weighted by Crippen LogP contribution is 2.33. The Hall–Kier alpha value is -3.23. The lowest BCUT2D eigenvalue weighted by atomic mass is 9.99. The molecule has 8 heteroatoms. The number of carbonyl (C=O) groups is 2. The van der Waals surface area contributed by atoms with Gasteiger partial charge in [0, 0.05) is 18.1 Å². The van der Waals surface area contributed by atoms with Crippen LogP contribution in [0, 0.1) is 0 Å². The molecule has 4 N–H and O–H groups in total. The summed E-state index contributed by atoms with van der Waals surface area (Å²) in [7, 11) is 0. The van der Waals surface area contributed by atoms with Crippen LogP contribution in [0.3, 0.4) is 0 Å². The maximum Gasteiger partial charge on any atom is 0.255 e. The van der Waals surface area contributed by atoms with Crippen LogP contribution < -0.4 is 5.32 Å². The maximum atomic E-state index is 12.9. The Morgan fingerprint density at radius 3 is 2.47 bits per heavy atom. The van der Waals surface area contributed by atoms with Gasteiger partial charge >= 0.3 is 0 Å². The number of nitrogens with one attached hydrogen (secondary N) is 1. The van der Waals surface area contributed by atoms with Crippen molar-refractivity contribution in [3.05, 3.63) is 94.5 Å². The summed E-state index contributed by atoms with van der Waals surface area (Å²) in [5, 5.41) is 33.6. The Kier molecular flexibility index (Phi) is 8.38. The molecule has 7 nitrogen and oxygen atoms in total. The molecule has 0 aromatic heterocycles. The third-order valence-corrected chi connectivity index (χ3v) is 6.74. The molecule has 1 heterocycles. The first-order valence-electron chi connectivity index (χ1n) is 11.9. The molecule has 2 amide bonds. The average molecular weight is 509 g/mol. The van der Waals surface area contributed by atoms with E-state index in [1.807, 2.05) is 54.6 Å². The van der Waals surface area contributed by atoms with Crippen LogP contribution in [0.2, 0.25) is 5.02 Å². The number of hydrogen-bond donors (Lipinski definition) is 4. The first-order valence-corrected chi connectivity index (χ1v) is 12.2. The van der Waals surface area contributed by atoms with Gasteiger partial charge in [0.1, 0.15) is 0 Å². The Labute approximate surface area is 215 Å². The van der Waals surface area contributed by atoms with Crippen molar-refractivity contribution in [2.24, 2.45) is 0 Å². The number of likely N-dealkylation sites (tertiary alicyclic amines) is 1. The summed E-state index contributed by atoms with van der Waals surface area (Å²) in [4.78, 5) is 26.9. The van der Waals surface area contributed by atoms with Crippen LogP contribution in [0.4, 0.5) is 0 Å². The fourth-order valence-electron chi connectivity index (χ4n) is 4.57. The van der Waals surface area contributed by atoms with E-state index in [1.165, 1.54) is 4.90 Å². The van der Waals surface area contributed by atoms with Crippen molar-refractivity contribution in [2.75, 3.05) is 6.54 Å². The first kappa shape index (κ1) is 25.9. The van der Waals surface area contributed by atoms with Gasteiger partial charge in [-0.25, -0.2) is 0 Å². The molecule has 188 valence electrons. The summed E-state index contributed by atoms with van der Waals surface area (Å²) in [6, 6.07) is 21.9. The fraction of sp³-hybridized carbons (Fsp3) is 0.286. The molecule has 0 spiro atoms. The quantitative estimate of drug-likeness (QED) is 0.373.